The van der Waals surface area contributed by atoms with Crippen molar-refractivity contribution in [3.63, 3.8) is 0 Å². The number of aliphatic carboxylic acids is 1. The zero-order chi connectivity index (χ0) is 19.3. The first-order chi connectivity index (χ1) is 12.3. The van der Waals surface area contributed by atoms with E-state index >= 15 is 0 Å². The number of benzene rings is 2. The minimum atomic E-state index is -1.30. The fraction of sp³-hybridized carbons (Fsp3) is 0.176. The molecule has 0 aliphatic rings. The van der Waals surface area contributed by atoms with E-state index in [0.717, 1.165) is 16.5 Å². The first kappa shape index (κ1) is 19.3. The Kier molecular flexibility index (Phi) is 6.18. The summed E-state index contributed by atoms with van der Waals surface area (Å²) in [6, 6.07) is 9.69. The number of aryl methyl sites for hydroxylation is 1. The van der Waals surface area contributed by atoms with Gasteiger partial charge in [0.15, 0.2) is 0 Å². The van der Waals surface area contributed by atoms with E-state index in [-0.39, 0.29) is 17.0 Å². The van der Waals surface area contributed by atoms with E-state index in [9.17, 15) is 24.8 Å². The highest BCUT2D eigenvalue weighted by Crippen LogP contribution is 2.28. The molecule has 0 saturated heterocycles. The van der Waals surface area contributed by atoms with Gasteiger partial charge in [-0.3, -0.25) is 10.1 Å². The van der Waals surface area contributed by atoms with Crippen LogP contribution in [0, 0.1) is 17.0 Å². The second kappa shape index (κ2) is 8.34. The Morgan fingerprint density at radius 1 is 1.23 bits per heavy atom. The average molecular weight is 376 g/mol. The van der Waals surface area contributed by atoms with Crippen molar-refractivity contribution in [2.75, 3.05) is 11.1 Å². The fourth-order valence-electron chi connectivity index (χ4n) is 2.19. The summed E-state index contributed by atoms with van der Waals surface area (Å²) in [5, 5.41) is 32.2. The lowest BCUT2D eigenvalue weighted by molar-refractivity contribution is -0.384. The number of thioether (sulfide) groups is 1. The van der Waals surface area contributed by atoms with Crippen molar-refractivity contribution < 1.29 is 24.7 Å². The number of carbonyl (C=O) groups is 2. The zero-order valence-corrected chi connectivity index (χ0v) is 14.5. The Labute approximate surface area is 153 Å². The summed E-state index contributed by atoms with van der Waals surface area (Å²) < 4.78 is 0. The SMILES string of the molecule is Cc1ccccc1SC[C@@H](Nc1ccc(C(=O)O)cc1[N+](=O)[O-])C(=O)O. The van der Waals surface area contributed by atoms with Crippen LogP contribution in [-0.4, -0.2) is 38.9 Å². The molecule has 26 heavy (non-hydrogen) atoms. The van der Waals surface area contributed by atoms with Crippen LogP contribution in [0.4, 0.5) is 11.4 Å². The third-order valence-electron chi connectivity index (χ3n) is 3.57. The maximum Gasteiger partial charge on any atom is 0.335 e. The number of carboxylic acid groups (broad SMARTS) is 2. The first-order valence-electron chi connectivity index (χ1n) is 7.49. The average Bonchev–Trinajstić information content (AvgIpc) is 2.59. The lowest BCUT2D eigenvalue weighted by atomic mass is 10.1. The van der Waals surface area contributed by atoms with Crippen LogP contribution in [0.2, 0.25) is 0 Å². The Morgan fingerprint density at radius 3 is 2.50 bits per heavy atom. The number of nitro groups is 1. The van der Waals surface area contributed by atoms with Gasteiger partial charge in [0.2, 0.25) is 0 Å². The van der Waals surface area contributed by atoms with Crippen LogP contribution in [0.25, 0.3) is 0 Å². The van der Waals surface area contributed by atoms with E-state index < -0.39 is 28.6 Å². The van der Waals surface area contributed by atoms with Crippen LogP contribution >= 0.6 is 11.8 Å². The second-order valence-electron chi connectivity index (χ2n) is 5.41. The molecule has 1 atom stereocenters. The van der Waals surface area contributed by atoms with Gasteiger partial charge in [0, 0.05) is 16.7 Å². The summed E-state index contributed by atoms with van der Waals surface area (Å²) in [6.07, 6.45) is 0. The Bertz CT molecular complexity index is 855. The molecule has 9 heteroatoms. The highest BCUT2D eigenvalue weighted by molar-refractivity contribution is 7.99. The van der Waals surface area contributed by atoms with Gasteiger partial charge in [-0.1, -0.05) is 18.2 Å². The summed E-state index contributed by atoms with van der Waals surface area (Å²) in [7, 11) is 0. The highest BCUT2D eigenvalue weighted by atomic mass is 32.2. The smallest absolute Gasteiger partial charge is 0.335 e. The van der Waals surface area contributed by atoms with Gasteiger partial charge < -0.3 is 15.5 Å². The molecule has 0 aliphatic heterocycles. The Hall–Kier alpha value is -3.07. The summed E-state index contributed by atoms with van der Waals surface area (Å²) in [6.45, 7) is 1.90. The quantitative estimate of drug-likeness (QED) is 0.364. The van der Waals surface area contributed by atoms with Gasteiger partial charge in [-0.2, -0.15) is 0 Å². The molecule has 8 nitrogen and oxygen atoms in total. The fourth-order valence-corrected chi connectivity index (χ4v) is 3.23. The number of nitrogens with zero attached hydrogens (tertiary/aromatic N) is 1. The lowest BCUT2D eigenvalue weighted by Gasteiger charge is -2.16. The molecule has 3 N–H and O–H groups in total. The standard InChI is InChI=1S/C17H16N2O6S/c1-10-4-2-3-5-15(10)26-9-13(17(22)23)18-12-7-6-11(16(20)21)8-14(12)19(24)25/h2-8,13,18H,9H2,1H3,(H,20,21)(H,22,23)/t13-/m1/s1. The molecule has 0 amide bonds. The van der Waals surface area contributed by atoms with Crippen LogP contribution in [0.5, 0.6) is 0 Å². The van der Waals surface area contributed by atoms with E-state index in [2.05, 4.69) is 5.32 Å². The predicted molar refractivity (Wildman–Crippen MR) is 97.0 cm³/mol. The molecule has 0 aliphatic carbocycles. The topological polar surface area (TPSA) is 130 Å². The number of nitrogens with one attached hydrogen (secondary N) is 1. The van der Waals surface area contributed by atoms with Crippen LogP contribution in [0.1, 0.15) is 15.9 Å². The van der Waals surface area contributed by atoms with Crippen molar-refractivity contribution in [2.45, 2.75) is 17.9 Å². The number of nitro benzene ring substituents is 1. The van der Waals surface area contributed by atoms with Crippen molar-refractivity contribution >= 4 is 35.1 Å². The number of hydrogen-bond acceptors (Lipinski definition) is 6. The van der Waals surface area contributed by atoms with Crippen LogP contribution in [-0.2, 0) is 4.79 Å². The maximum atomic E-state index is 11.5. The molecule has 136 valence electrons. The number of hydrogen-bond donors (Lipinski definition) is 3. The molecule has 0 saturated carbocycles. The Morgan fingerprint density at radius 2 is 1.92 bits per heavy atom. The summed E-state index contributed by atoms with van der Waals surface area (Å²) >= 11 is 1.32. The number of carboxylic acids is 2. The van der Waals surface area contributed by atoms with E-state index in [1.165, 1.54) is 23.9 Å². The molecule has 0 unspecified atom stereocenters. The molecule has 0 radical (unpaired) electrons. The maximum absolute atomic E-state index is 11.5. The number of aromatic carboxylic acids is 1. The largest absolute Gasteiger partial charge is 0.480 e. The van der Waals surface area contributed by atoms with E-state index in [1.807, 2.05) is 31.2 Å². The van der Waals surface area contributed by atoms with Crippen molar-refractivity contribution in [3.8, 4) is 0 Å². The van der Waals surface area contributed by atoms with Crippen LogP contribution < -0.4 is 5.32 Å². The van der Waals surface area contributed by atoms with Crippen molar-refractivity contribution in [1.29, 1.82) is 0 Å². The summed E-state index contributed by atoms with van der Waals surface area (Å²) in [5.74, 6) is -2.33. The minimum absolute atomic E-state index is 0.0437. The molecule has 2 rings (SSSR count). The molecule has 0 spiro atoms. The zero-order valence-electron chi connectivity index (χ0n) is 13.7. The van der Waals surface area contributed by atoms with Crippen LogP contribution in [0.3, 0.4) is 0 Å². The van der Waals surface area contributed by atoms with Gasteiger partial charge in [-0.25, -0.2) is 9.59 Å². The number of anilines is 1. The van der Waals surface area contributed by atoms with Crippen LogP contribution in [0.15, 0.2) is 47.4 Å². The van der Waals surface area contributed by atoms with Gasteiger partial charge in [-0.05, 0) is 30.7 Å². The predicted octanol–water partition coefficient (Wildman–Crippen LogP) is 3.26. The van der Waals surface area contributed by atoms with Gasteiger partial charge >= 0.3 is 11.9 Å². The molecule has 2 aromatic rings. The third kappa shape index (κ3) is 4.73. The van der Waals surface area contributed by atoms with E-state index in [4.69, 9.17) is 5.11 Å². The third-order valence-corrected chi connectivity index (χ3v) is 4.84. The van der Waals surface area contributed by atoms with E-state index in [1.54, 1.807) is 0 Å². The molecular formula is C17H16N2O6S. The molecule has 2 aromatic carbocycles. The van der Waals surface area contributed by atoms with Gasteiger partial charge in [0.05, 0.1) is 10.5 Å². The first-order valence-corrected chi connectivity index (χ1v) is 8.47. The monoisotopic (exact) mass is 376 g/mol. The van der Waals surface area contributed by atoms with Gasteiger partial charge in [-0.15, -0.1) is 11.8 Å². The molecule has 0 fully saturated rings. The molecule has 0 heterocycles. The number of rotatable bonds is 8. The Balaban J connectivity index is 2.22. The highest BCUT2D eigenvalue weighted by Gasteiger charge is 2.23. The molecule has 0 bridgehead atoms. The summed E-state index contributed by atoms with van der Waals surface area (Å²) in [5.41, 5.74) is 0.219. The minimum Gasteiger partial charge on any atom is -0.480 e. The molecular weight excluding hydrogens is 360 g/mol. The van der Waals surface area contributed by atoms with Crippen molar-refractivity contribution in [3.05, 3.63) is 63.7 Å². The van der Waals surface area contributed by atoms with Gasteiger partial charge in [0.1, 0.15) is 11.7 Å². The molecule has 0 aromatic heterocycles. The van der Waals surface area contributed by atoms with Crippen molar-refractivity contribution in [1.82, 2.24) is 0 Å². The normalized spacial score (nSPS) is 11.6. The van der Waals surface area contributed by atoms with Crippen molar-refractivity contribution in [2.24, 2.45) is 0 Å². The lowest BCUT2D eigenvalue weighted by Crippen LogP contribution is -2.32. The van der Waals surface area contributed by atoms with Gasteiger partial charge in [0.25, 0.3) is 5.69 Å². The summed E-state index contributed by atoms with van der Waals surface area (Å²) in [4.78, 5) is 33.9. The van der Waals surface area contributed by atoms with E-state index in [0.29, 0.717) is 0 Å². The second-order valence-corrected chi connectivity index (χ2v) is 6.47.